The zero-order valence-corrected chi connectivity index (χ0v) is 12.6. The fraction of sp³-hybridized carbons (Fsp3) is 0.538. The Bertz CT molecular complexity index is 798. The standard InChI is InChI=1S/C13H19N5O3/c1-5-8(2)15-9(19)6-18-7-14-10-11(18)16(3)13(21)17(4)12(10)20/h7-8H,5-6H2,1-4H3,(H,15,19). The van der Waals surface area contributed by atoms with Crippen LogP contribution in [0, 0.1) is 0 Å². The highest BCUT2D eigenvalue weighted by Gasteiger charge is 2.16. The van der Waals surface area contributed by atoms with Gasteiger partial charge in [-0.2, -0.15) is 0 Å². The van der Waals surface area contributed by atoms with Crippen molar-refractivity contribution < 1.29 is 4.79 Å². The van der Waals surface area contributed by atoms with Gasteiger partial charge in [-0.05, 0) is 13.3 Å². The van der Waals surface area contributed by atoms with Gasteiger partial charge in [0.25, 0.3) is 5.56 Å². The molecule has 0 spiro atoms. The zero-order chi connectivity index (χ0) is 15.7. The number of nitrogens with one attached hydrogen (secondary N) is 1. The van der Waals surface area contributed by atoms with Crippen LogP contribution in [0.5, 0.6) is 0 Å². The third kappa shape index (κ3) is 2.61. The highest BCUT2D eigenvalue weighted by atomic mass is 16.2. The van der Waals surface area contributed by atoms with Gasteiger partial charge >= 0.3 is 5.69 Å². The summed E-state index contributed by atoms with van der Waals surface area (Å²) in [6.45, 7) is 3.90. The minimum atomic E-state index is -0.464. The van der Waals surface area contributed by atoms with Gasteiger partial charge in [0.2, 0.25) is 5.91 Å². The van der Waals surface area contributed by atoms with Crippen LogP contribution in [0.15, 0.2) is 15.9 Å². The van der Waals surface area contributed by atoms with Crippen LogP contribution in [0.2, 0.25) is 0 Å². The minimum absolute atomic E-state index is 0.0152. The molecule has 0 aromatic carbocycles. The van der Waals surface area contributed by atoms with Gasteiger partial charge < -0.3 is 9.88 Å². The summed E-state index contributed by atoms with van der Waals surface area (Å²) in [5, 5.41) is 2.83. The lowest BCUT2D eigenvalue weighted by molar-refractivity contribution is -0.122. The summed E-state index contributed by atoms with van der Waals surface area (Å²) in [5.74, 6) is -0.184. The molecule has 0 aliphatic heterocycles. The summed E-state index contributed by atoms with van der Waals surface area (Å²) in [6.07, 6.45) is 2.23. The normalized spacial score (nSPS) is 12.6. The van der Waals surface area contributed by atoms with Gasteiger partial charge in [-0.25, -0.2) is 9.78 Å². The first-order valence-electron chi connectivity index (χ1n) is 6.77. The average molecular weight is 293 g/mol. The van der Waals surface area contributed by atoms with Crippen LogP contribution in [0.25, 0.3) is 11.2 Å². The molecule has 1 N–H and O–H groups in total. The molecule has 1 unspecified atom stereocenters. The number of fused-ring (bicyclic) bond motifs is 1. The molecule has 0 aliphatic rings. The van der Waals surface area contributed by atoms with E-state index >= 15 is 0 Å². The van der Waals surface area contributed by atoms with Crippen LogP contribution < -0.4 is 16.6 Å². The number of hydrogen-bond donors (Lipinski definition) is 1. The average Bonchev–Trinajstić information content (AvgIpc) is 2.86. The molecule has 2 aromatic heterocycles. The smallest absolute Gasteiger partial charge is 0.332 e. The Balaban J connectivity index is 2.46. The first-order valence-corrected chi connectivity index (χ1v) is 6.77. The molecule has 1 amide bonds. The Kier molecular flexibility index (Phi) is 3.97. The molecule has 8 nitrogen and oxygen atoms in total. The highest BCUT2D eigenvalue weighted by molar-refractivity contribution is 5.78. The van der Waals surface area contributed by atoms with Crippen molar-refractivity contribution in [2.45, 2.75) is 32.9 Å². The highest BCUT2D eigenvalue weighted by Crippen LogP contribution is 2.05. The van der Waals surface area contributed by atoms with Gasteiger partial charge in [-0.1, -0.05) is 6.92 Å². The first-order chi connectivity index (χ1) is 9.86. The molecule has 0 fully saturated rings. The monoisotopic (exact) mass is 293 g/mol. The van der Waals surface area contributed by atoms with E-state index in [1.165, 1.54) is 22.5 Å². The van der Waals surface area contributed by atoms with Crippen molar-refractivity contribution in [1.29, 1.82) is 0 Å². The Labute approximate surface area is 121 Å². The predicted octanol–water partition coefficient (Wildman–Crippen LogP) is -0.652. The Hall–Kier alpha value is -2.38. The van der Waals surface area contributed by atoms with E-state index in [-0.39, 0.29) is 24.0 Å². The molecule has 0 aliphatic carbocycles. The lowest BCUT2D eigenvalue weighted by Gasteiger charge is -2.12. The minimum Gasteiger partial charge on any atom is -0.352 e. The first kappa shape index (κ1) is 15.0. The predicted molar refractivity (Wildman–Crippen MR) is 78.1 cm³/mol. The van der Waals surface area contributed by atoms with E-state index in [2.05, 4.69) is 10.3 Å². The Morgan fingerprint density at radius 1 is 1.33 bits per heavy atom. The fourth-order valence-corrected chi connectivity index (χ4v) is 2.13. The largest absolute Gasteiger partial charge is 0.352 e. The van der Waals surface area contributed by atoms with Crippen LogP contribution in [-0.4, -0.2) is 30.6 Å². The van der Waals surface area contributed by atoms with Crippen LogP contribution in [0.4, 0.5) is 0 Å². The fourth-order valence-electron chi connectivity index (χ4n) is 2.13. The van der Waals surface area contributed by atoms with E-state index in [1.807, 2.05) is 13.8 Å². The third-order valence-electron chi connectivity index (χ3n) is 3.54. The molecule has 8 heteroatoms. The molecule has 0 bridgehead atoms. The molecule has 2 heterocycles. The molecule has 0 saturated heterocycles. The third-order valence-corrected chi connectivity index (χ3v) is 3.54. The van der Waals surface area contributed by atoms with Gasteiger partial charge in [-0.3, -0.25) is 18.7 Å². The molecular formula is C13H19N5O3. The molecule has 21 heavy (non-hydrogen) atoms. The molecular weight excluding hydrogens is 274 g/mol. The Morgan fingerprint density at radius 2 is 2.00 bits per heavy atom. The van der Waals surface area contributed by atoms with Crippen molar-refractivity contribution in [3.05, 3.63) is 27.2 Å². The van der Waals surface area contributed by atoms with Gasteiger partial charge in [0.1, 0.15) is 12.2 Å². The second kappa shape index (κ2) is 5.55. The van der Waals surface area contributed by atoms with Crippen molar-refractivity contribution in [2.75, 3.05) is 0 Å². The van der Waals surface area contributed by atoms with Crippen LogP contribution in [0.3, 0.4) is 0 Å². The number of aromatic nitrogens is 4. The summed E-state index contributed by atoms with van der Waals surface area (Å²) >= 11 is 0. The number of carbonyl (C=O) groups is 1. The summed E-state index contributed by atoms with van der Waals surface area (Å²) in [7, 11) is 2.95. The number of hydrogen-bond acceptors (Lipinski definition) is 4. The van der Waals surface area contributed by atoms with E-state index < -0.39 is 11.2 Å². The number of imidazole rings is 1. The zero-order valence-electron chi connectivity index (χ0n) is 12.6. The second-order valence-corrected chi connectivity index (χ2v) is 5.13. The van der Waals surface area contributed by atoms with Gasteiger partial charge in [0, 0.05) is 20.1 Å². The van der Waals surface area contributed by atoms with Gasteiger partial charge in [-0.15, -0.1) is 0 Å². The number of nitrogens with zero attached hydrogens (tertiary/aromatic N) is 4. The maximum absolute atomic E-state index is 12.0. The number of rotatable bonds is 4. The van der Waals surface area contributed by atoms with Crippen LogP contribution in [0.1, 0.15) is 20.3 Å². The quantitative estimate of drug-likeness (QED) is 0.811. The van der Waals surface area contributed by atoms with Crippen molar-refractivity contribution in [1.82, 2.24) is 24.0 Å². The lowest BCUT2D eigenvalue weighted by Crippen LogP contribution is -2.38. The van der Waals surface area contributed by atoms with Crippen molar-refractivity contribution in [3.8, 4) is 0 Å². The molecule has 114 valence electrons. The van der Waals surface area contributed by atoms with Crippen molar-refractivity contribution in [3.63, 3.8) is 0 Å². The van der Waals surface area contributed by atoms with E-state index in [1.54, 1.807) is 7.05 Å². The van der Waals surface area contributed by atoms with Gasteiger partial charge in [0.15, 0.2) is 5.52 Å². The van der Waals surface area contributed by atoms with E-state index in [0.717, 1.165) is 11.0 Å². The second-order valence-electron chi connectivity index (χ2n) is 5.13. The topological polar surface area (TPSA) is 90.9 Å². The number of aryl methyl sites for hydroxylation is 1. The summed E-state index contributed by atoms with van der Waals surface area (Å²) in [4.78, 5) is 39.9. The summed E-state index contributed by atoms with van der Waals surface area (Å²) < 4.78 is 3.83. The molecule has 0 saturated carbocycles. The SMILES string of the molecule is CCC(C)NC(=O)Cn1cnc2c(=O)n(C)c(=O)n(C)c21. The van der Waals surface area contributed by atoms with Crippen molar-refractivity contribution >= 4 is 17.1 Å². The van der Waals surface area contributed by atoms with Crippen LogP contribution in [-0.2, 0) is 25.4 Å². The summed E-state index contributed by atoms with van der Waals surface area (Å²) in [6, 6.07) is 0.0731. The molecule has 0 radical (unpaired) electrons. The molecule has 2 aromatic rings. The summed E-state index contributed by atoms with van der Waals surface area (Å²) in [5.41, 5.74) is -0.385. The van der Waals surface area contributed by atoms with E-state index in [9.17, 15) is 14.4 Å². The number of amides is 1. The molecule has 2 rings (SSSR count). The number of carbonyl (C=O) groups excluding carboxylic acids is 1. The Morgan fingerprint density at radius 3 is 2.62 bits per heavy atom. The van der Waals surface area contributed by atoms with Crippen molar-refractivity contribution in [2.24, 2.45) is 14.1 Å². The van der Waals surface area contributed by atoms with E-state index in [4.69, 9.17) is 0 Å². The van der Waals surface area contributed by atoms with Crippen LogP contribution >= 0.6 is 0 Å². The lowest BCUT2D eigenvalue weighted by atomic mass is 10.2. The van der Waals surface area contributed by atoms with Gasteiger partial charge in [0.05, 0.1) is 6.33 Å². The maximum atomic E-state index is 12.0. The van der Waals surface area contributed by atoms with E-state index in [0.29, 0.717) is 5.65 Å². The maximum Gasteiger partial charge on any atom is 0.332 e. The molecule has 1 atom stereocenters.